The van der Waals surface area contributed by atoms with E-state index < -0.39 is 48.2 Å². The highest BCUT2D eigenvalue weighted by Crippen LogP contribution is 2.39. The molecule has 6 atom stereocenters. The van der Waals surface area contributed by atoms with Gasteiger partial charge in [0.05, 0.1) is 43.3 Å². The number of hydrogen-bond donors (Lipinski definition) is 1. The average molecular weight is 599 g/mol. The maximum atomic E-state index is 14.7. The van der Waals surface area contributed by atoms with Crippen molar-refractivity contribution in [1.82, 2.24) is 20.2 Å². The Balaban J connectivity index is 1.52. The largest absolute Gasteiger partial charge is 0.497 e. The highest BCUT2D eigenvalue weighted by Gasteiger charge is 2.51. The van der Waals surface area contributed by atoms with Crippen molar-refractivity contribution in [3.8, 4) is 11.6 Å². The van der Waals surface area contributed by atoms with Crippen molar-refractivity contribution in [3.63, 3.8) is 0 Å². The number of halogens is 1. The molecule has 0 unspecified atom stereocenters. The average Bonchev–Trinajstić information content (AvgIpc) is 3.58. The number of methoxy groups -OCH3 is 1. The molecule has 2 amide bonds. The fourth-order valence-corrected chi connectivity index (χ4v) is 6.34. The van der Waals surface area contributed by atoms with E-state index in [1.165, 1.54) is 11.8 Å². The van der Waals surface area contributed by atoms with Gasteiger partial charge in [-0.05, 0) is 56.1 Å². The summed E-state index contributed by atoms with van der Waals surface area (Å²) in [6.07, 6.45) is 4.68. The van der Waals surface area contributed by atoms with Crippen LogP contribution in [0.5, 0.6) is 11.6 Å². The topological polar surface area (TPSA) is 120 Å². The van der Waals surface area contributed by atoms with Crippen LogP contribution in [0.4, 0.5) is 9.18 Å². The van der Waals surface area contributed by atoms with E-state index in [-0.39, 0.29) is 24.3 Å². The van der Waals surface area contributed by atoms with E-state index in [4.69, 9.17) is 24.2 Å². The highest BCUT2D eigenvalue weighted by molar-refractivity contribution is 5.92. The van der Waals surface area contributed by atoms with E-state index in [1.807, 2.05) is 32.9 Å². The number of nitrogens with zero attached hydrogens (tertiary/aromatic N) is 3. The summed E-state index contributed by atoms with van der Waals surface area (Å²) in [6.45, 7) is 5.93. The first kappa shape index (κ1) is 30.9. The molecule has 43 heavy (non-hydrogen) atoms. The zero-order valence-corrected chi connectivity index (χ0v) is 25.7. The van der Waals surface area contributed by atoms with Crippen LogP contribution in [0.2, 0.25) is 0 Å². The van der Waals surface area contributed by atoms with Crippen LogP contribution in [0.1, 0.15) is 71.9 Å². The number of benzene rings is 1. The number of ether oxygens (including phenoxy) is 3. The Bertz CT molecular complexity index is 1360. The molecule has 234 valence electrons. The summed E-state index contributed by atoms with van der Waals surface area (Å²) in [7, 11) is 1.57. The van der Waals surface area contributed by atoms with E-state index >= 15 is 0 Å². The van der Waals surface area contributed by atoms with E-state index in [9.17, 15) is 18.8 Å². The zero-order chi connectivity index (χ0) is 30.9. The van der Waals surface area contributed by atoms with Gasteiger partial charge in [-0.15, -0.1) is 0 Å². The molecule has 5 rings (SSSR count). The number of Topliss-reactive ketones (excluding diaryl/α,β-unsaturated/α-hetero) is 1. The zero-order valence-electron chi connectivity index (χ0n) is 25.7. The third-order valence-corrected chi connectivity index (χ3v) is 8.87. The minimum atomic E-state index is -1.06. The van der Waals surface area contributed by atoms with E-state index in [2.05, 4.69) is 5.32 Å². The van der Waals surface area contributed by atoms with Gasteiger partial charge < -0.3 is 24.4 Å². The van der Waals surface area contributed by atoms with Crippen LogP contribution >= 0.6 is 0 Å². The summed E-state index contributed by atoms with van der Waals surface area (Å²) in [6, 6.07) is 3.38. The number of carbonyl (C=O) groups excluding carboxylic acids is 3. The molecular formula is C32H43FN4O6. The molecule has 3 heterocycles. The van der Waals surface area contributed by atoms with Crippen molar-refractivity contribution in [3.05, 3.63) is 23.9 Å². The van der Waals surface area contributed by atoms with Gasteiger partial charge in [0.2, 0.25) is 11.8 Å². The monoisotopic (exact) mass is 598 g/mol. The van der Waals surface area contributed by atoms with Gasteiger partial charge in [0, 0.05) is 6.07 Å². The number of rotatable bonds is 3. The van der Waals surface area contributed by atoms with Gasteiger partial charge in [0.15, 0.2) is 5.78 Å². The Hall–Kier alpha value is -3.50. The number of aryl methyl sites for hydroxylation is 1. The van der Waals surface area contributed by atoms with Crippen molar-refractivity contribution < 1.29 is 33.0 Å². The third kappa shape index (κ3) is 6.86. The highest BCUT2D eigenvalue weighted by atomic mass is 19.1. The van der Waals surface area contributed by atoms with Crippen LogP contribution < -0.4 is 14.8 Å². The van der Waals surface area contributed by atoms with Gasteiger partial charge in [0.25, 0.3) is 0 Å². The summed E-state index contributed by atoms with van der Waals surface area (Å²) in [4.78, 5) is 50.9. The smallest absolute Gasteiger partial charge is 0.408 e. The number of fused-ring (bicyclic) bond motifs is 5. The molecule has 1 saturated heterocycles. The number of carbonyl (C=O) groups is 3. The lowest BCUT2D eigenvalue weighted by atomic mass is 9.85. The van der Waals surface area contributed by atoms with Crippen LogP contribution in [0.3, 0.4) is 0 Å². The summed E-state index contributed by atoms with van der Waals surface area (Å²) in [5.74, 6) is -0.530. The van der Waals surface area contributed by atoms with Crippen LogP contribution in [0.25, 0.3) is 11.0 Å². The Morgan fingerprint density at radius 3 is 2.56 bits per heavy atom. The van der Waals surface area contributed by atoms with E-state index in [1.54, 1.807) is 13.2 Å². The van der Waals surface area contributed by atoms with Crippen molar-refractivity contribution in [2.45, 2.75) is 96.9 Å². The second-order valence-corrected chi connectivity index (χ2v) is 13.2. The maximum absolute atomic E-state index is 14.7. The van der Waals surface area contributed by atoms with Gasteiger partial charge in [-0.25, -0.2) is 14.8 Å². The molecule has 1 aliphatic carbocycles. The number of aromatic nitrogens is 2. The first-order chi connectivity index (χ1) is 20.5. The molecule has 2 aromatic rings. The Morgan fingerprint density at radius 2 is 1.86 bits per heavy atom. The number of alkyl carbamates (subject to hydrolysis) is 1. The lowest BCUT2D eigenvalue weighted by Crippen LogP contribution is -2.57. The van der Waals surface area contributed by atoms with Crippen LogP contribution in [0.15, 0.2) is 18.2 Å². The van der Waals surface area contributed by atoms with Crippen LogP contribution in [-0.4, -0.2) is 77.3 Å². The van der Waals surface area contributed by atoms with Crippen molar-refractivity contribution >= 4 is 28.8 Å². The minimum Gasteiger partial charge on any atom is -0.497 e. The molecule has 1 saturated carbocycles. The summed E-state index contributed by atoms with van der Waals surface area (Å²) in [5.41, 5.74) is 1.21. The quantitative estimate of drug-likeness (QED) is 0.535. The number of alkyl halides is 1. The Morgan fingerprint density at radius 1 is 1.09 bits per heavy atom. The summed E-state index contributed by atoms with van der Waals surface area (Å²) >= 11 is 0. The Labute approximate surface area is 252 Å². The molecule has 3 aliphatic rings. The first-order valence-corrected chi connectivity index (χ1v) is 15.4. The molecule has 11 heteroatoms. The standard InChI is InChI=1S/C32H43FN4O6/c1-18(38)27-21(16-33)26-17-37(27)30(39)28(32(2,3)4)36-31(40)43-25-14-19(25)10-8-6-7-9-11-23-29(42-26)35-24-15-20(41-5)12-13-22(24)34-23/h12-13,15,19,21,25-28H,6-11,14,16-17H2,1-5H3,(H,36,40)/t19-,21-,25-,26+,27-,28-/m1/s1. The van der Waals surface area contributed by atoms with E-state index in [0.717, 1.165) is 38.5 Å². The van der Waals surface area contributed by atoms with Gasteiger partial charge in [-0.1, -0.05) is 40.0 Å². The molecule has 2 fully saturated rings. The number of amides is 2. The molecule has 1 aromatic heterocycles. The molecular weight excluding hydrogens is 555 g/mol. The molecule has 2 bridgehead atoms. The summed E-state index contributed by atoms with van der Waals surface area (Å²) < 4.78 is 32.2. The number of ketones is 1. The van der Waals surface area contributed by atoms with Crippen molar-refractivity contribution in [2.75, 3.05) is 20.3 Å². The van der Waals surface area contributed by atoms with Crippen LogP contribution in [-0.2, 0) is 20.7 Å². The number of hydrogen-bond acceptors (Lipinski definition) is 8. The normalized spacial score (nSPS) is 28.7. The number of nitrogens with one attached hydrogen (secondary N) is 1. The fraction of sp³-hybridized carbons (Fsp3) is 0.656. The first-order valence-electron chi connectivity index (χ1n) is 15.4. The molecule has 10 nitrogen and oxygen atoms in total. The second-order valence-electron chi connectivity index (χ2n) is 13.2. The summed E-state index contributed by atoms with van der Waals surface area (Å²) in [5, 5.41) is 2.77. The maximum Gasteiger partial charge on any atom is 0.408 e. The molecule has 0 radical (unpaired) electrons. The SMILES string of the molecule is COc1ccc2nc3c(nc2c1)O[C@H]1CN(C(=O)[C@H](C(C)(C)C)NC(=O)O[C@@H]2C[C@H]2CCCCCC3)[C@H](C(C)=O)[C@@H]1CF. The van der Waals surface area contributed by atoms with Crippen molar-refractivity contribution in [2.24, 2.45) is 17.3 Å². The molecule has 0 spiro atoms. The predicted octanol–water partition coefficient (Wildman–Crippen LogP) is 4.81. The van der Waals surface area contributed by atoms with Gasteiger partial charge in [0.1, 0.15) is 29.7 Å². The van der Waals surface area contributed by atoms with Gasteiger partial charge >= 0.3 is 6.09 Å². The Kier molecular flexibility index (Phi) is 9.08. The molecule has 1 aromatic carbocycles. The lowest BCUT2D eigenvalue weighted by Gasteiger charge is -2.35. The molecule has 2 aliphatic heterocycles. The third-order valence-electron chi connectivity index (χ3n) is 8.87. The van der Waals surface area contributed by atoms with E-state index in [0.29, 0.717) is 34.8 Å². The minimum absolute atomic E-state index is 0.0387. The van der Waals surface area contributed by atoms with Gasteiger partial charge in [-0.2, -0.15) is 0 Å². The van der Waals surface area contributed by atoms with Crippen molar-refractivity contribution in [1.29, 1.82) is 0 Å². The van der Waals surface area contributed by atoms with Gasteiger partial charge in [-0.3, -0.25) is 14.0 Å². The lowest BCUT2D eigenvalue weighted by molar-refractivity contribution is -0.141. The fourth-order valence-electron chi connectivity index (χ4n) is 6.34. The van der Waals surface area contributed by atoms with Crippen LogP contribution in [0, 0.1) is 17.3 Å². The predicted molar refractivity (Wildman–Crippen MR) is 158 cm³/mol. The second kappa shape index (κ2) is 12.6. The molecule has 1 N–H and O–H groups in total.